The molecule has 0 aliphatic carbocycles. The van der Waals surface area contributed by atoms with E-state index >= 15 is 0 Å². The summed E-state index contributed by atoms with van der Waals surface area (Å²) in [5.74, 6) is 0.863. The van der Waals surface area contributed by atoms with E-state index in [1.165, 1.54) is 6.42 Å². The number of carbonyl (C=O) groups excluding carboxylic acids is 1. The largest absolute Gasteiger partial charge is 0.493 e. The van der Waals surface area contributed by atoms with E-state index in [1.807, 2.05) is 12.1 Å². The molecule has 1 aromatic carbocycles. The van der Waals surface area contributed by atoms with Crippen LogP contribution in [0.2, 0.25) is 0 Å². The molecule has 1 atom stereocenters. The molecule has 154 valence electrons. The summed E-state index contributed by atoms with van der Waals surface area (Å²) >= 11 is 0. The van der Waals surface area contributed by atoms with Gasteiger partial charge in [0, 0.05) is 24.0 Å². The summed E-state index contributed by atoms with van der Waals surface area (Å²) < 4.78 is 10.9. The number of ether oxygens (including phenoxy) is 2. The molecule has 0 aromatic heterocycles. The number of nitrogens with zero attached hydrogens (tertiary/aromatic N) is 4. The van der Waals surface area contributed by atoms with Gasteiger partial charge >= 0.3 is 0 Å². The molecular weight excluding hydrogens is 358 g/mol. The van der Waals surface area contributed by atoms with E-state index in [-0.39, 0.29) is 5.91 Å². The molecule has 1 aliphatic heterocycles. The Morgan fingerprint density at radius 3 is 2.86 bits per heavy atom. The van der Waals surface area contributed by atoms with Gasteiger partial charge in [-0.25, -0.2) is 0 Å². The van der Waals surface area contributed by atoms with Crippen LogP contribution in [0.3, 0.4) is 0 Å². The summed E-state index contributed by atoms with van der Waals surface area (Å²) in [6, 6.07) is 4.17. The van der Waals surface area contributed by atoms with Crippen LogP contribution in [0.25, 0.3) is 10.4 Å². The molecular formula is C20H31N5O3. The van der Waals surface area contributed by atoms with Crippen molar-refractivity contribution in [3.63, 3.8) is 0 Å². The molecule has 0 unspecified atom stereocenters. The van der Waals surface area contributed by atoms with Gasteiger partial charge in [0.25, 0.3) is 5.91 Å². The number of nitrogens with one attached hydrogen (secondary N) is 1. The Hall–Kier alpha value is -2.44. The molecule has 1 N–H and O–H groups in total. The highest BCUT2D eigenvalue weighted by atomic mass is 16.5. The van der Waals surface area contributed by atoms with Crippen molar-refractivity contribution in [1.29, 1.82) is 0 Å². The average molecular weight is 390 g/mol. The molecule has 0 bridgehead atoms. The second-order valence-corrected chi connectivity index (χ2v) is 6.93. The number of carbonyl (C=O) groups is 1. The number of rotatable bonds is 11. The average Bonchev–Trinajstić information content (AvgIpc) is 3.18. The van der Waals surface area contributed by atoms with Crippen LogP contribution < -0.4 is 14.8 Å². The predicted octanol–water partition coefficient (Wildman–Crippen LogP) is 3.55. The van der Waals surface area contributed by atoms with Crippen LogP contribution >= 0.6 is 0 Å². The minimum Gasteiger partial charge on any atom is -0.493 e. The molecule has 0 radical (unpaired) electrons. The van der Waals surface area contributed by atoms with Crippen molar-refractivity contribution < 1.29 is 14.3 Å². The minimum absolute atomic E-state index is 0.144. The van der Waals surface area contributed by atoms with Crippen molar-refractivity contribution in [3.05, 3.63) is 33.7 Å². The van der Waals surface area contributed by atoms with Crippen LogP contribution in [0.5, 0.6) is 11.5 Å². The fourth-order valence-electron chi connectivity index (χ4n) is 3.74. The van der Waals surface area contributed by atoms with E-state index in [0.717, 1.165) is 44.3 Å². The number of methoxy groups -OCH3 is 2. The molecule has 8 heteroatoms. The summed E-state index contributed by atoms with van der Waals surface area (Å²) in [6.07, 6.45) is 4.72. The monoisotopic (exact) mass is 389 g/mol. The normalized spacial score (nSPS) is 16.5. The second kappa shape index (κ2) is 11.4. The first-order chi connectivity index (χ1) is 13.6. The third-order valence-electron chi connectivity index (χ3n) is 5.22. The predicted molar refractivity (Wildman–Crippen MR) is 109 cm³/mol. The number of aryl methyl sites for hydroxylation is 1. The number of likely N-dealkylation sites (tertiary alicyclic amines) is 1. The Morgan fingerprint density at radius 2 is 2.18 bits per heavy atom. The smallest absolute Gasteiger partial charge is 0.255 e. The van der Waals surface area contributed by atoms with Crippen LogP contribution in [0, 0.1) is 0 Å². The number of amides is 1. The van der Waals surface area contributed by atoms with Gasteiger partial charge in [0.05, 0.1) is 19.8 Å². The molecule has 1 fully saturated rings. The zero-order valence-electron chi connectivity index (χ0n) is 17.1. The van der Waals surface area contributed by atoms with Crippen LogP contribution in [0.1, 0.15) is 48.5 Å². The van der Waals surface area contributed by atoms with Crippen molar-refractivity contribution in [1.82, 2.24) is 10.2 Å². The summed E-state index contributed by atoms with van der Waals surface area (Å²) in [5, 5.41) is 6.62. The number of benzene rings is 1. The van der Waals surface area contributed by atoms with E-state index in [2.05, 4.69) is 27.2 Å². The Balaban J connectivity index is 2.09. The zero-order valence-corrected chi connectivity index (χ0v) is 17.1. The minimum atomic E-state index is -0.144. The maximum Gasteiger partial charge on any atom is 0.255 e. The number of unbranched alkanes of at least 4 members (excludes halogenated alkanes) is 1. The lowest BCUT2D eigenvalue weighted by atomic mass is 10.0. The number of hydrogen-bond acceptors (Lipinski definition) is 5. The third kappa shape index (κ3) is 5.78. The Kier molecular flexibility index (Phi) is 8.91. The first kappa shape index (κ1) is 21.9. The van der Waals surface area contributed by atoms with Crippen molar-refractivity contribution in [2.24, 2.45) is 5.11 Å². The topological polar surface area (TPSA) is 99.6 Å². The number of likely N-dealkylation sites (N-methyl/N-ethyl adjacent to an activating group) is 1. The van der Waals surface area contributed by atoms with Gasteiger partial charge in [-0.15, -0.1) is 0 Å². The molecule has 1 saturated heterocycles. The number of azide groups is 1. The van der Waals surface area contributed by atoms with E-state index < -0.39 is 0 Å². The molecule has 2 rings (SSSR count). The van der Waals surface area contributed by atoms with Crippen molar-refractivity contribution in [2.75, 3.05) is 40.4 Å². The van der Waals surface area contributed by atoms with E-state index in [1.54, 1.807) is 14.2 Å². The van der Waals surface area contributed by atoms with E-state index in [9.17, 15) is 4.79 Å². The van der Waals surface area contributed by atoms with E-state index in [4.69, 9.17) is 15.0 Å². The highest BCUT2D eigenvalue weighted by molar-refractivity contribution is 5.98. The van der Waals surface area contributed by atoms with Crippen LogP contribution in [0.4, 0.5) is 0 Å². The number of hydrogen-bond donors (Lipinski definition) is 1. The van der Waals surface area contributed by atoms with Gasteiger partial charge in [-0.2, -0.15) is 0 Å². The van der Waals surface area contributed by atoms with Crippen LogP contribution in [0.15, 0.2) is 17.2 Å². The van der Waals surface area contributed by atoms with Crippen molar-refractivity contribution >= 4 is 5.91 Å². The first-order valence-electron chi connectivity index (χ1n) is 9.92. The lowest BCUT2D eigenvalue weighted by molar-refractivity contribution is 0.0937. The fraction of sp³-hybridized carbons (Fsp3) is 0.650. The Bertz CT molecular complexity index is 703. The van der Waals surface area contributed by atoms with Gasteiger partial charge in [-0.3, -0.25) is 9.69 Å². The van der Waals surface area contributed by atoms with Crippen LogP contribution in [-0.4, -0.2) is 57.2 Å². The van der Waals surface area contributed by atoms with Crippen LogP contribution in [-0.2, 0) is 6.42 Å². The molecule has 0 saturated carbocycles. The second-order valence-electron chi connectivity index (χ2n) is 6.93. The molecule has 8 nitrogen and oxygen atoms in total. The molecule has 1 amide bonds. The fourth-order valence-corrected chi connectivity index (χ4v) is 3.74. The van der Waals surface area contributed by atoms with Gasteiger partial charge in [-0.1, -0.05) is 12.0 Å². The maximum atomic E-state index is 12.9. The highest BCUT2D eigenvalue weighted by Gasteiger charge is 2.24. The standard InChI is InChI=1S/C20H31N5O3/c1-4-25-11-7-9-16(25)14-22-20(26)17-12-15(8-5-6-10-23-24-21)13-18(27-2)19(17)28-3/h12-13,16H,4-11,14H2,1-3H3,(H,22,26)/t16-/m0/s1. The summed E-state index contributed by atoms with van der Waals surface area (Å²) in [4.78, 5) is 18.1. The molecule has 1 aliphatic rings. The quantitative estimate of drug-likeness (QED) is 0.271. The Morgan fingerprint density at radius 1 is 1.36 bits per heavy atom. The molecule has 1 heterocycles. The SMILES string of the molecule is CCN1CCC[C@H]1CNC(=O)c1cc(CCCCN=[N+]=[N-])cc(OC)c1OC. The maximum absolute atomic E-state index is 12.9. The Labute approximate surface area is 166 Å². The third-order valence-corrected chi connectivity index (χ3v) is 5.22. The van der Waals surface area contributed by atoms with Crippen molar-refractivity contribution in [3.8, 4) is 11.5 Å². The van der Waals surface area contributed by atoms with Gasteiger partial charge < -0.3 is 14.8 Å². The summed E-state index contributed by atoms with van der Waals surface area (Å²) in [7, 11) is 3.12. The van der Waals surface area contributed by atoms with Gasteiger partial charge in [0.15, 0.2) is 11.5 Å². The van der Waals surface area contributed by atoms with Gasteiger partial charge in [-0.05, 0) is 68.4 Å². The zero-order chi connectivity index (χ0) is 20.4. The summed E-state index contributed by atoms with van der Waals surface area (Å²) in [5.41, 5.74) is 9.84. The van der Waals surface area contributed by atoms with Crippen molar-refractivity contribution in [2.45, 2.75) is 45.1 Å². The van der Waals surface area contributed by atoms with Gasteiger partial charge in [0.1, 0.15) is 0 Å². The lowest BCUT2D eigenvalue weighted by Gasteiger charge is -2.23. The molecule has 1 aromatic rings. The highest BCUT2D eigenvalue weighted by Crippen LogP contribution is 2.33. The summed E-state index contributed by atoms with van der Waals surface area (Å²) in [6.45, 7) is 5.36. The van der Waals surface area contributed by atoms with Gasteiger partial charge in [0.2, 0.25) is 0 Å². The molecule has 0 spiro atoms. The van der Waals surface area contributed by atoms with E-state index in [0.29, 0.717) is 36.2 Å². The molecule has 28 heavy (non-hydrogen) atoms. The lowest BCUT2D eigenvalue weighted by Crippen LogP contribution is -2.40. The first-order valence-corrected chi connectivity index (χ1v) is 9.92.